The van der Waals surface area contributed by atoms with Crippen LogP contribution in [0.3, 0.4) is 0 Å². The Morgan fingerprint density at radius 3 is 2.65 bits per heavy atom. The van der Waals surface area contributed by atoms with E-state index in [-0.39, 0.29) is 12.2 Å². The van der Waals surface area contributed by atoms with Gasteiger partial charge in [0.1, 0.15) is 6.54 Å². The number of methoxy groups -OCH3 is 1. The van der Waals surface area contributed by atoms with E-state index in [9.17, 15) is 4.79 Å². The summed E-state index contributed by atoms with van der Waals surface area (Å²) in [4.78, 5) is 12.0. The van der Waals surface area contributed by atoms with Gasteiger partial charge in [0.15, 0.2) is 5.69 Å². The van der Waals surface area contributed by atoms with E-state index in [1.807, 2.05) is 55.5 Å². The standard InChI is InChI=1S/C19H16N4O3/c1-12-7-9-13(10-8-12)18-21-20-16(26-18)11-23-15-6-4-3-5-14(15)17(22-23)19(24)25-2/h3-10H,11H2,1-2H3. The maximum absolute atomic E-state index is 12.0. The first-order chi connectivity index (χ1) is 12.7. The number of hydrogen-bond donors (Lipinski definition) is 0. The molecule has 0 aliphatic rings. The third-order valence-corrected chi connectivity index (χ3v) is 4.09. The van der Waals surface area contributed by atoms with Crippen molar-refractivity contribution in [2.75, 3.05) is 7.11 Å². The Labute approximate surface area is 149 Å². The van der Waals surface area contributed by atoms with E-state index in [2.05, 4.69) is 15.3 Å². The van der Waals surface area contributed by atoms with Crippen LogP contribution in [0.25, 0.3) is 22.4 Å². The summed E-state index contributed by atoms with van der Waals surface area (Å²) in [5.41, 5.74) is 3.08. The van der Waals surface area contributed by atoms with Gasteiger partial charge >= 0.3 is 5.97 Å². The molecular formula is C19H16N4O3. The van der Waals surface area contributed by atoms with Crippen LogP contribution in [-0.2, 0) is 11.3 Å². The van der Waals surface area contributed by atoms with Gasteiger partial charge in [-0.2, -0.15) is 5.10 Å². The first kappa shape index (κ1) is 16.0. The van der Waals surface area contributed by atoms with Gasteiger partial charge in [0.2, 0.25) is 11.8 Å². The lowest BCUT2D eigenvalue weighted by Gasteiger charge is -1.99. The fourth-order valence-corrected chi connectivity index (χ4v) is 2.75. The Bertz CT molecular complexity index is 1080. The zero-order valence-electron chi connectivity index (χ0n) is 14.3. The summed E-state index contributed by atoms with van der Waals surface area (Å²) in [6.45, 7) is 2.28. The van der Waals surface area contributed by atoms with Crippen molar-refractivity contribution in [3.8, 4) is 11.5 Å². The van der Waals surface area contributed by atoms with Crippen LogP contribution in [-0.4, -0.2) is 33.1 Å². The number of para-hydroxylation sites is 1. The van der Waals surface area contributed by atoms with Crippen LogP contribution in [0.4, 0.5) is 0 Å². The zero-order chi connectivity index (χ0) is 18.1. The minimum atomic E-state index is -0.481. The van der Waals surface area contributed by atoms with Crippen LogP contribution >= 0.6 is 0 Å². The lowest BCUT2D eigenvalue weighted by Crippen LogP contribution is -2.06. The van der Waals surface area contributed by atoms with Gasteiger partial charge in [-0.3, -0.25) is 4.68 Å². The molecule has 4 aromatic rings. The Balaban J connectivity index is 1.68. The van der Waals surface area contributed by atoms with Crippen molar-refractivity contribution in [2.45, 2.75) is 13.5 Å². The quantitative estimate of drug-likeness (QED) is 0.527. The van der Waals surface area contributed by atoms with Gasteiger partial charge in [-0.1, -0.05) is 35.9 Å². The van der Waals surface area contributed by atoms with Crippen LogP contribution in [0.1, 0.15) is 21.9 Å². The van der Waals surface area contributed by atoms with Crippen molar-refractivity contribution >= 4 is 16.9 Å². The van der Waals surface area contributed by atoms with Crippen molar-refractivity contribution in [1.29, 1.82) is 0 Å². The molecule has 4 rings (SSSR count). The number of rotatable bonds is 4. The zero-order valence-corrected chi connectivity index (χ0v) is 14.3. The Morgan fingerprint density at radius 1 is 1.12 bits per heavy atom. The third-order valence-electron chi connectivity index (χ3n) is 4.09. The summed E-state index contributed by atoms with van der Waals surface area (Å²) in [5.74, 6) is 0.376. The molecule has 0 N–H and O–H groups in total. The van der Waals surface area contributed by atoms with E-state index in [1.54, 1.807) is 4.68 Å². The maximum atomic E-state index is 12.0. The minimum Gasteiger partial charge on any atom is -0.464 e. The molecule has 0 aliphatic heterocycles. The van der Waals surface area contributed by atoms with Crippen LogP contribution in [0.15, 0.2) is 52.9 Å². The lowest BCUT2D eigenvalue weighted by molar-refractivity contribution is 0.0595. The predicted octanol–water partition coefficient (Wildman–Crippen LogP) is 3.23. The molecular weight excluding hydrogens is 332 g/mol. The van der Waals surface area contributed by atoms with Gasteiger partial charge in [0, 0.05) is 10.9 Å². The number of carbonyl (C=O) groups excluding carboxylic acids is 1. The van der Waals surface area contributed by atoms with Crippen LogP contribution < -0.4 is 0 Å². The average Bonchev–Trinajstić information content (AvgIpc) is 3.27. The van der Waals surface area contributed by atoms with Gasteiger partial charge in [-0.05, 0) is 25.1 Å². The Morgan fingerprint density at radius 2 is 1.88 bits per heavy atom. The van der Waals surface area contributed by atoms with E-state index in [0.29, 0.717) is 11.8 Å². The van der Waals surface area contributed by atoms with E-state index >= 15 is 0 Å². The fraction of sp³-hybridized carbons (Fsp3) is 0.158. The molecule has 0 saturated heterocycles. The summed E-state index contributed by atoms with van der Waals surface area (Å²) in [5, 5.41) is 13.3. The number of aromatic nitrogens is 4. The van der Waals surface area contributed by atoms with E-state index in [1.165, 1.54) is 7.11 Å². The largest absolute Gasteiger partial charge is 0.464 e. The molecule has 2 aromatic heterocycles. The molecule has 0 unspecified atom stereocenters. The summed E-state index contributed by atoms with van der Waals surface area (Å²) in [6, 6.07) is 15.3. The van der Waals surface area contributed by atoms with Crippen molar-refractivity contribution in [1.82, 2.24) is 20.0 Å². The van der Waals surface area contributed by atoms with Gasteiger partial charge in [0.05, 0.1) is 12.6 Å². The van der Waals surface area contributed by atoms with E-state index in [4.69, 9.17) is 9.15 Å². The number of nitrogens with zero attached hydrogens (tertiary/aromatic N) is 4. The van der Waals surface area contributed by atoms with Crippen molar-refractivity contribution in [2.24, 2.45) is 0 Å². The fourth-order valence-electron chi connectivity index (χ4n) is 2.75. The predicted molar refractivity (Wildman–Crippen MR) is 94.6 cm³/mol. The molecule has 0 bridgehead atoms. The topological polar surface area (TPSA) is 83.0 Å². The molecule has 0 saturated carbocycles. The molecule has 0 amide bonds. The molecule has 2 heterocycles. The summed E-state index contributed by atoms with van der Waals surface area (Å²) in [6.07, 6.45) is 0. The molecule has 0 radical (unpaired) electrons. The highest BCUT2D eigenvalue weighted by molar-refractivity contribution is 6.02. The SMILES string of the molecule is COC(=O)c1nn(Cc2nnc(-c3ccc(C)cc3)o2)c2ccccc12. The van der Waals surface area contributed by atoms with Gasteiger partial charge in [0.25, 0.3) is 0 Å². The number of fused-ring (bicyclic) bond motifs is 1. The number of ether oxygens (including phenoxy) is 1. The molecule has 26 heavy (non-hydrogen) atoms. The molecule has 0 aliphatic carbocycles. The summed E-state index contributed by atoms with van der Waals surface area (Å²) >= 11 is 0. The van der Waals surface area contributed by atoms with Crippen LogP contribution in [0, 0.1) is 6.92 Å². The number of carbonyl (C=O) groups is 1. The van der Waals surface area contributed by atoms with Crippen LogP contribution in [0.2, 0.25) is 0 Å². The number of esters is 1. The average molecular weight is 348 g/mol. The summed E-state index contributed by atoms with van der Waals surface area (Å²) < 4.78 is 12.2. The molecule has 0 fully saturated rings. The van der Waals surface area contributed by atoms with Gasteiger partial charge in [-0.15, -0.1) is 10.2 Å². The molecule has 130 valence electrons. The third kappa shape index (κ3) is 2.83. The van der Waals surface area contributed by atoms with Crippen molar-refractivity contribution in [3.05, 3.63) is 65.7 Å². The number of hydrogen-bond acceptors (Lipinski definition) is 6. The first-order valence-electron chi connectivity index (χ1n) is 8.09. The van der Waals surface area contributed by atoms with E-state index < -0.39 is 5.97 Å². The minimum absolute atomic E-state index is 0.260. The second-order valence-corrected chi connectivity index (χ2v) is 5.88. The molecule has 2 aromatic carbocycles. The highest BCUT2D eigenvalue weighted by Crippen LogP contribution is 2.22. The monoisotopic (exact) mass is 348 g/mol. The van der Waals surface area contributed by atoms with Crippen LogP contribution in [0.5, 0.6) is 0 Å². The lowest BCUT2D eigenvalue weighted by atomic mass is 10.1. The highest BCUT2D eigenvalue weighted by atomic mass is 16.5. The smallest absolute Gasteiger partial charge is 0.359 e. The Hall–Kier alpha value is -3.48. The molecule has 0 spiro atoms. The van der Waals surface area contributed by atoms with Gasteiger partial charge < -0.3 is 9.15 Å². The molecule has 7 nitrogen and oxygen atoms in total. The first-order valence-corrected chi connectivity index (χ1v) is 8.09. The molecule has 7 heteroatoms. The second kappa shape index (κ2) is 6.44. The Kier molecular flexibility index (Phi) is 3.96. The maximum Gasteiger partial charge on any atom is 0.359 e. The molecule has 0 atom stereocenters. The summed E-state index contributed by atoms with van der Waals surface area (Å²) in [7, 11) is 1.34. The number of aryl methyl sites for hydroxylation is 1. The second-order valence-electron chi connectivity index (χ2n) is 5.88. The van der Waals surface area contributed by atoms with Gasteiger partial charge in [-0.25, -0.2) is 4.79 Å². The highest BCUT2D eigenvalue weighted by Gasteiger charge is 2.19. The van der Waals surface area contributed by atoms with Crippen molar-refractivity contribution in [3.63, 3.8) is 0 Å². The van der Waals surface area contributed by atoms with Crippen molar-refractivity contribution < 1.29 is 13.9 Å². The van der Waals surface area contributed by atoms with E-state index in [0.717, 1.165) is 22.0 Å². The number of benzene rings is 2. The normalized spacial score (nSPS) is 11.0.